The van der Waals surface area contributed by atoms with Gasteiger partial charge in [-0.25, -0.2) is 14.1 Å². The number of carbonyl (C=O) groups is 1. The van der Waals surface area contributed by atoms with Crippen LogP contribution in [0.15, 0.2) is 36.7 Å². The second kappa shape index (κ2) is 6.34. The number of halogens is 4. The first-order valence-electron chi connectivity index (χ1n) is 6.89. The van der Waals surface area contributed by atoms with Gasteiger partial charge in [0.25, 0.3) is 5.91 Å². The van der Waals surface area contributed by atoms with Gasteiger partial charge in [0, 0.05) is 6.07 Å². The number of rotatable bonds is 4. The first kappa shape index (κ1) is 16.6. The summed E-state index contributed by atoms with van der Waals surface area (Å²) in [4.78, 5) is 15.7. The van der Waals surface area contributed by atoms with E-state index in [9.17, 15) is 22.4 Å². The standard InChI is InChI=1S/C14H10F4N6O/c15-9-3-1-8(2-4-9)6-24-7-19-13(23-24)20-12(25)10-5-11(22-21-10)14(16,17)18/h1-5,7H,6H2,(H,21,22)(H,20,23,25). The van der Waals surface area contributed by atoms with Gasteiger partial charge in [-0.15, -0.1) is 5.10 Å². The number of nitrogens with one attached hydrogen (secondary N) is 2. The molecule has 0 saturated heterocycles. The lowest BCUT2D eigenvalue weighted by Crippen LogP contribution is -2.14. The van der Waals surface area contributed by atoms with Gasteiger partial charge in [-0.2, -0.15) is 18.3 Å². The van der Waals surface area contributed by atoms with E-state index in [-0.39, 0.29) is 18.3 Å². The van der Waals surface area contributed by atoms with Crippen LogP contribution >= 0.6 is 0 Å². The van der Waals surface area contributed by atoms with Crippen molar-refractivity contribution in [2.45, 2.75) is 12.7 Å². The summed E-state index contributed by atoms with van der Waals surface area (Å²) >= 11 is 0. The summed E-state index contributed by atoms with van der Waals surface area (Å²) in [6.45, 7) is 0.282. The molecule has 130 valence electrons. The second-order valence-corrected chi connectivity index (χ2v) is 5.01. The average Bonchev–Trinajstić information content (AvgIpc) is 3.19. The lowest BCUT2D eigenvalue weighted by atomic mass is 10.2. The quantitative estimate of drug-likeness (QED) is 0.705. The summed E-state index contributed by atoms with van der Waals surface area (Å²) in [5, 5.41) is 11.3. The van der Waals surface area contributed by atoms with Gasteiger partial charge in [0.15, 0.2) is 5.69 Å². The number of alkyl halides is 3. The Labute approximate surface area is 137 Å². The van der Waals surface area contributed by atoms with Gasteiger partial charge in [0.2, 0.25) is 5.95 Å². The van der Waals surface area contributed by atoms with E-state index in [1.807, 2.05) is 0 Å². The Kier molecular flexibility index (Phi) is 4.21. The number of aromatic nitrogens is 5. The fourth-order valence-electron chi connectivity index (χ4n) is 1.95. The highest BCUT2D eigenvalue weighted by Crippen LogP contribution is 2.27. The third-order valence-electron chi connectivity index (χ3n) is 3.14. The van der Waals surface area contributed by atoms with Crippen molar-refractivity contribution < 1.29 is 22.4 Å². The molecule has 0 atom stereocenters. The lowest BCUT2D eigenvalue weighted by molar-refractivity contribution is -0.141. The number of benzene rings is 1. The minimum Gasteiger partial charge on any atom is -0.288 e. The molecule has 7 nitrogen and oxygen atoms in total. The molecular formula is C14H10F4N6O. The molecule has 0 saturated carbocycles. The van der Waals surface area contributed by atoms with Crippen molar-refractivity contribution in [2.24, 2.45) is 0 Å². The Bertz CT molecular complexity index is 883. The van der Waals surface area contributed by atoms with E-state index in [0.717, 1.165) is 5.56 Å². The van der Waals surface area contributed by atoms with Gasteiger partial charge in [-0.3, -0.25) is 15.2 Å². The van der Waals surface area contributed by atoms with Crippen molar-refractivity contribution in [2.75, 3.05) is 5.32 Å². The molecule has 0 aliphatic carbocycles. The Morgan fingerprint density at radius 2 is 1.96 bits per heavy atom. The van der Waals surface area contributed by atoms with Crippen LogP contribution < -0.4 is 5.32 Å². The van der Waals surface area contributed by atoms with Crippen LogP contribution in [-0.2, 0) is 12.7 Å². The Morgan fingerprint density at radius 1 is 1.24 bits per heavy atom. The van der Waals surface area contributed by atoms with Crippen molar-refractivity contribution in [1.82, 2.24) is 25.0 Å². The average molecular weight is 354 g/mol. The fourth-order valence-corrected chi connectivity index (χ4v) is 1.95. The molecule has 3 aromatic rings. The fraction of sp³-hybridized carbons (Fsp3) is 0.143. The van der Waals surface area contributed by atoms with Crippen LogP contribution in [0.25, 0.3) is 0 Å². The number of hydrogen-bond donors (Lipinski definition) is 2. The SMILES string of the molecule is O=C(Nc1ncn(Cc2ccc(F)cc2)n1)c1cc(C(F)(F)F)[nH]n1. The summed E-state index contributed by atoms with van der Waals surface area (Å²) in [5.41, 5.74) is -0.819. The van der Waals surface area contributed by atoms with Crippen LogP contribution in [0.3, 0.4) is 0 Å². The topological polar surface area (TPSA) is 88.5 Å². The second-order valence-electron chi connectivity index (χ2n) is 5.01. The van der Waals surface area contributed by atoms with Crippen LogP contribution in [0.5, 0.6) is 0 Å². The lowest BCUT2D eigenvalue weighted by Gasteiger charge is -2.01. The van der Waals surface area contributed by atoms with Gasteiger partial charge < -0.3 is 0 Å². The van der Waals surface area contributed by atoms with E-state index in [1.54, 1.807) is 17.2 Å². The van der Waals surface area contributed by atoms with E-state index in [2.05, 4.69) is 20.5 Å². The molecule has 0 unspecified atom stereocenters. The molecule has 2 aromatic heterocycles. The van der Waals surface area contributed by atoms with E-state index in [0.29, 0.717) is 6.07 Å². The minimum absolute atomic E-state index is 0.0938. The highest BCUT2D eigenvalue weighted by atomic mass is 19.4. The van der Waals surface area contributed by atoms with Crippen molar-refractivity contribution >= 4 is 11.9 Å². The number of nitrogens with zero attached hydrogens (tertiary/aromatic N) is 4. The van der Waals surface area contributed by atoms with Crippen molar-refractivity contribution in [3.8, 4) is 0 Å². The predicted molar refractivity (Wildman–Crippen MR) is 77.1 cm³/mol. The molecule has 0 radical (unpaired) electrons. The maximum absolute atomic E-state index is 12.8. The van der Waals surface area contributed by atoms with Gasteiger partial charge in [-0.1, -0.05) is 12.1 Å². The molecule has 2 N–H and O–H groups in total. The zero-order valence-corrected chi connectivity index (χ0v) is 12.4. The largest absolute Gasteiger partial charge is 0.432 e. The first-order valence-corrected chi connectivity index (χ1v) is 6.89. The van der Waals surface area contributed by atoms with Crippen molar-refractivity contribution in [3.63, 3.8) is 0 Å². The summed E-state index contributed by atoms with van der Waals surface area (Å²) in [5.74, 6) is -1.34. The summed E-state index contributed by atoms with van der Waals surface area (Å²) in [7, 11) is 0. The molecule has 3 rings (SSSR count). The predicted octanol–water partition coefficient (Wildman–Crippen LogP) is 2.46. The smallest absolute Gasteiger partial charge is 0.288 e. The van der Waals surface area contributed by atoms with Crippen LogP contribution in [0, 0.1) is 5.82 Å². The zero-order chi connectivity index (χ0) is 18.0. The molecule has 0 bridgehead atoms. The van der Waals surface area contributed by atoms with Gasteiger partial charge >= 0.3 is 6.18 Å². The van der Waals surface area contributed by atoms with Gasteiger partial charge in [0.1, 0.15) is 17.8 Å². The molecule has 11 heteroatoms. The third kappa shape index (κ3) is 4.00. The number of hydrogen-bond acceptors (Lipinski definition) is 4. The molecule has 0 spiro atoms. The van der Waals surface area contributed by atoms with Gasteiger partial charge in [-0.05, 0) is 17.7 Å². The Morgan fingerprint density at radius 3 is 2.60 bits per heavy atom. The zero-order valence-electron chi connectivity index (χ0n) is 12.4. The van der Waals surface area contributed by atoms with Crippen LogP contribution in [-0.4, -0.2) is 30.9 Å². The Hall–Kier alpha value is -3.24. The van der Waals surface area contributed by atoms with E-state index >= 15 is 0 Å². The number of aromatic amines is 1. The highest BCUT2D eigenvalue weighted by Gasteiger charge is 2.33. The van der Waals surface area contributed by atoms with Crippen LogP contribution in [0.4, 0.5) is 23.5 Å². The summed E-state index contributed by atoms with van der Waals surface area (Å²) in [6.07, 6.45) is -3.30. The maximum atomic E-state index is 12.8. The number of H-pyrrole nitrogens is 1. The monoisotopic (exact) mass is 354 g/mol. The molecular weight excluding hydrogens is 344 g/mol. The van der Waals surface area contributed by atoms with Gasteiger partial charge in [0.05, 0.1) is 6.54 Å². The van der Waals surface area contributed by atoms with E-state index in [1.165, 1.54) is 23.1 Å². The molecule has 25 heavy (non-hydrogen) atoms. The molecule has 1 amide bonds. The summed E-state index contributed by atoms with van der Waals surface area (Å²) in [6, 6.07) is 6.32. The molecule has 0 aliphatic rings. The Balaban J connectivity index is 1.65. The number of anilines is 1. The molecule has 0 fully saturated rings. The van der Waals surface area contributed by atoms with Crippen LogP contribution in [0.2, 0.25) is 0 Å². The van der Waals surface area contributed by atoms with E-state index in [4.69, 9.17) is 0 Å². The summed E-state index contributed by atoms with van der Waals surface area (Å²) < 4.78 is 51.6. The first-order chi connectivity index (χ1) is 11.8. The third-order valence-corrected chi connectivity index (χ3v) is 3.14. The van der Waals surface area contributed by atoms with Crippen LogP contribution in [0.1, 0.15) is 21.7 Å². The highest BCUT2D eigenvalue weighted by molar-refractivity contribution is 6.01. The number of amides is 1. The molecule has 0 aliphatic heterocycles. The minimum atomic E-state index is -4.62. The number of carbonyl (C=O) groups excluding carboxylic acids is 1. The molecule has 2 heterocycles. The van der Waals surface area contributed by atoms with Crippen molar-refractivity contribution in [1.29, 1.82) is 0 Å². The normalized spacial score (nSPS) is 11.5. The molecule has 1 aromatic carbocycles. The van der Waals surface area contributed by atoms with E-state index < -0.39 is 23.5 Å². The maximum Gasteiger partial charge on any atom is 0.432 e. The van der Waals surface area contributed by atoms with Crippen molar-refractivity contribution in [3.05, 3.63) is 59.4 Å².